The van der Waals surface area contributed by atoms with E-state index in [1.807, 2.05) is 84.6 Å². The Kier molecular flexibility index (Phi) is 6.30. The zero-order valence-corrected chi connectivity index (χ0v) is 21.0. The van der Waals surface area contributed by atoms with Gasteiger partial charge in [-0.2, -0.15) is 5.26 Å². The van der Waals surface area contributed by atoms with E-state index >= 15 is 0 Å². The summed E-state index contributed by atoms with van der Waals surface area (Å²) < 4.78 is 0. The number of allylic oxidation sites excluding steroid dienone is 3. The van der Waals surface area contributed by atoms with Gasteiger partial charge in [-0.15, -0.1) is 0 Å². The summed E-state index contributed by atoms with van der Waals surface area (Å²) >= 11 is 6.34. The highest BCUT2D eigenvalue weighted by Gasteiger charge is 2.42. The van der Waals surface area contributed by atoms with Gasteiger partial charge in [0, 0.05) is 48.2 Å². The smallest absolute Gasteiger partial charge is 0.162 e. The predicted molar refractivity (Wildman–Crippen MR) is 145 cm³/mol. The number of hydrogen-bond donors (Lipinski definition) is 1. The first-order valence-corrected chi connectivity index (χ1v) is 12.3. The van der Waals surface area contributed by atoms with Gasteiger partial charge >= 0.3 is 0 Å². The van der Waals surface area contributed by atoms with Gasteiger partial charge < -0.3 is 10.6 Å². The lowest BCUT2D eigenvalue weighted by Gasteiger charge is -2.41. The molecule has 5 rings (SSSR count). The first kappa shape index (κ1) is 23.7. The second kappa shape index (κ2) is 9.56. The third-order valence-corrected chi connectivity index (χ3v) is 7.28. The van der Waals surface area contributed by atoms with E-state index in [2.05, 4.69) is 18.2 Å². The van der Waals surface area contributed by atoms with Crippen molar-refractivity contribution in [3.8, 4) is 6.07 Å². The lowest BCUT2D eigenvalue weighted by molar-refractivity contribution is -0.116. The first-order valence-electron chi connectivity index (χ1n) is 11.9. The van der Waals surface area contributed by atoms with Gasteiger partial charge in [-0.3, -0.25) is 9.69 Å². The van der Waals surface area contributed by atoms with Crippen LogP contribution in [0.2, 0.25) is 5.02 Å². The second-order valence-electron chi connectivity index (χ2n) is 9.44. The monoisotopic (exact) mass is 494 g/mol. The molecule has 0 radical (unpaired) electrons. The molecule has 0 amide bonds. The molecule has 0 unspecified atom stereocenters. The summed E-state index contributed by atoms with van der Waals surface area (Å²) in [4.78, 5) is 17.8. The molecule has 1 aliphatic heterocycles. The van der Waals surface area contributed by atoms with Crippen LogP contribution in [-0.2, 0) is 4.79 Å². The molecule has 2 aliphatic rings. The molecule has 2 atom stereocenters. The lowest BCUT2D eigenvalue weighted by Crippen LogP contribution is -2.40. The topological polar surface area (TPSA) is 73.4 Å². The minimum atomic E-state index is -0.513. The second-order valence-corrected chi connectivity index (χ2v) is 9.88. The molecule has 1 heterocycles. The van der Waals surface area contributed by atoms with E-state index in [1.165, 1.54) is 0 Å². The Hall–Kier alpha value is -4.01. The van der Waals surface area contributed by atoms with Crippen molar-refractivity contribution in [1.29, 1.82) is 5.26 Å². The van der Waals surface area contributed by atoms with Crippen molar-refractivity contribution in [2.75, 3.05) is 23.9 Å². The average molecular weight is 495 g/mol. The highest BCUT2D eigenvalue weighted by Crippen LogP contribution is 2.49. The number of nitriles is 1. The van der Waals surface area contributed by atoms with Crippen LogP contribution in [0.1, 0.15) is 35.8 Å². The fourth-order valence-electron chi connectivity index (χ4n) is 5.30. The standard InChI is InChI=1S/C30H27ClN4O/c1-34(2)23-13-11-20(12-14-23)28-25(18-32)30(33)35(24-10-6-9-22(31)17-24)26-15-21(16-27(36)29(26)28)19-7-4-3-5-8-19/h3-14,17,21,28H,15-16,33H2,1-2H3/t21-,28-/m1/s1. The number of nitrogens with zero attached hydrogens (tertiary/aromatic N) is 3. The molecule has 180 valence electrons. The van der Waals surface area contributed by atoms with Crippen molar-refractivity contribution in [3.63, 3.8) is 0 Å². The molecule has 36 heavy (non-hydrogen) atoms. The van der Waals surface area contributed by atoms with Gasteiger partial charge in [0.25, 0.3) is 0 Å². The molecule has 0 bridgehead atoms. The molecular formula is C30H27ClN4O. The Balaban J connectivity index is 1.71. The van der Waals surface area contributed by atoms with E-state index in [4.69, 9.17) is 17.3 Å². The Bertz CT molecular complexity index is 1420. The molecule has 0 fully saturated rings. The summed E-state index contributed by atoms with van der Waals surface area (Å²) in [6.45, 7) is 0. The van der Waals surface area contributed by atoms with Crippen LogP contribution in [0.15, 0.2) is 102 Å². The van der Waals surface area contributed by atoms with Gasteiger partial charge in [0.15, 0.2) is 5.78 Å². The summed E-state index contributed by atoms with van der Waals surface area (Å²) in [5.74, 6) is -0.117. The first-order chi connectivity index (χ1) is 17.4. The summed E-state index contributed by atoms with van der Waals surface area (Å²) in [6, 6.07) is 27.8. The SMILES string of the molecule is CN(C)c1ccc([C@@H]2C(C#N)=C(N)N(c3cccc(Cl)c3)C3=C2C(=O)C[C@H](c2ccccc2)C3)cc1. The van der Waals surface area contributed by atoms with E-state index in [0.29, 0.717) is 34.8 Å². The van der Waals surface area contributed by atoms with E-state index in [0.717, 1.165) is 28.2 Å². The van der Waals surface area contributed by atoms with Crippen molar-refractivity contribution < 1.29 is 4.79 Å². The average Bonchev–Trinajstić information content (AvgIpc) is 2.88. The number of rotatable bonds is 4. The minimum Gasteiger partial charge on any atom is -0.384 e. The number of benzene rings is 3. The Morgan fingerprint density at radius 3 is 2.33 bits per heavy atom. The Labute approximate surface area is 216 Å². The molecule has 5 nitrogen and oxygen atoms in total. The molecule has 1 aliphatic carbocycles. The zero-order chi connectivity index (χ0) is 25.4. The molecule has 0 aromatic heterocycles. The molecule has 0 spiro atoms. The number of carbonyl (C=O) groups excluding carboxylic acids is 1. The van der Waals surface area contributed by atoms with Crippen molar-refractivity contribution in [1.82, 2.24) is 0 Å². The number of hydrogen-bond acceptors (Lipinski definition) is 5. The van der Waals surface area contributed by atoms with Crippen LogP contribution in [0.3, 0.4) is 0 Å². The Morgan fingerprint density at radius 1 is 0.972 bits per heavy atom. The highest BCUT2D eigenvalue weighted by molar-refractivity contribution is 6.30. The fraction of sp³-hybridized carbons (Fsp3) is 0.200. The number of nitrogens with two attached hydrogens (primary N) is 1. The van der Waals surface area contributed by atoms with Crippen LogP contribution in [0.25, 0.3) is 0 Å². The number of carbonyl (C=O) groups is 1. The number of halogens is 1. The molecule has 2 N–H and O–H groups in total. The molecule has 0 saturated carbocycles. The van der Waals surface area contributed by atoms with E-state index in [1.54, 1.807) is 6.07 Å². The van der Waals surface area contributed by atoms with E-state index in [-0.39, 0.29) is 11.7 Å². The van der Waals surface area contributed by atoms with Crippen LogP contribution in [0.4, 0.5) is 11.4 Å². The van der Waals surface area contributed by atoms with Gasteiger partial charge in [0.2, 0.25) is 0 Å². The maximum Gasteiger partial charge on any atom is 0.162 e. The quantitative estimate of drug-likeness (QED) is 0.474. The van der Waals surface area contributed by atoms with E-state index < -0.39 is 5.92 Å². The third-order valence-electron chi connectivity index (χ3n) is 7.05. The summed E-state index contributed by atoms with van der Waals surface area (Å²) in [5, 5.41) is 10.8. The van der Waals surface area contributed by atoms with Gasteiger partial charge in [-0.25, -0.2) is 0 Å². The van der Waals surface area contributed by atoms with Crippen molar-refractivity contribution in [3.05, 3.63) is 118 Å². The fourth-order valence-corrected chi connectivity index (χ4v) is 5.48. The van der Waals surface area contributed by atoms with Crippen LogP contribution in [-0.4, -0.2) is 19.9 Å². The summed E-state index contributed by atoms with van der Waals surface area (Å²) in [7, 11) is 3.96. The Morgan fingerprint density at radius 2 is 1.69 bits per heavy atom. The number of ketones is 1. The van der Waals surface area contributed by atoms with Crippen LogP contribution >= 0.6 is 11.6 Å². The van der Waals surface area contributed by atoms with Gasteiger partial charge in [0.05, 0.1) is 17.6 Å². The van der Waals surface area contributed by atoms with Crippen molar-refractivity contribution in [2.45, 2.75) is 24.7 Å². The summed E-state index contributed by atoms with van der Waals surface area (Å²) in [5.41, 5.74) is 12.4. The molecule has 0 saturated heterocycles. The van der Waals surface area contributed by atoms with Gasteiger partial charge in [-0.1, -0.05) is 60.1 Å². The molecular weight excluding hydrogens is 468 g/mol. The largest absolute Gasteiger partial charge is 0.384 e. The zero-order valence-electron chi connectivity index (χ0n) is 20.3. The van der Waals surface area contributed by atoms with Gasteiger partial charge in [-0.05, 0) is 53.8 Å². The number of anilines is 2. The summed E-state index contributed by atoms with van der Waals surface area (Å²) in [6.07, 6.45) is 1.01. The maximum atomic E-state index is 13.9. The molecule has 3 aromatic carbocycles. The van der Waals surface area contributed by atoms with E-state index in [9.17, 15) is 10.1 Å². The van der Waals surface area contributed by atoms with Crippen LogP contribution in [0, 0.1) is 11.3 Å². The maximum absolute atomic E-state index is 13.9. The molecule has 6 heteroatoms. The van der Waals surface area contributed by atoms with Gasteiger partial charge in [0.1, 0.15) is 5.82 Å². The molecule has 3 aromatic rings. The highest BCUT2D eigenvalue weighted by atomic mass is 35.5. The van der Waals surface area contributed by atoms with Crippen molar-refractivity contribution in [2.24, 2.45) is 5.73 Å². The lowest BCUT2D eigenvalue weighted by atomic mass is 9.72. The van der Waals surface area contributed by atoms with Crippen LogP contribution in [0.5, 0.6) is 0 Å². The predicted octanol–water partition coefficient (Wildman–Crippen LogP) is 6.10. The van der Waals surface area contributed by atoms with Crippen molar-refractivity contribution >= 4 is 28.8 Å². The minimum absolute atomic E-state index is 0.0207. The van der Waals surface area contributed by atoms with Crippen LogP contribution < -0.4 is 15.5 Å². The normalized spacial score (nSPS) is 19.7. The number of Topliss-reactive ketones (excluding diaryl/α,β-unsaturated/α-hetero) is 1. The third kappa shape index (κ3) is 4.14.